The predicted octanol–water partition coefficient (Wildman–Crippen LogP) is 2.44. The second kappa shape index (κ2) is 8.24. The maximum absolute atomic E-state index is 12.5. The van der Waals surface area contributed by atoms with Gasteiger partial charge in [-0.25, -0.2) is 5.43 Å². The monoisotopic (exact) mass is 390 g/mol. The number of H-pyrrole nitrogens is 1. The first-order valence-corrected chi connectivity index (χ1v) is 9.51. The Morgan fingerprint density at radius 3 is 2.93 bits per heavy atom. The standard InChI is InChI=1S/C21H22N6O2/c1-3-22-7-6-14-13(2)25-16(19(14)18-5-4-10-29-18)11-15-20(26-27-21(15)28)17-12-23-8-9-24-17/h4-5,8-12,22,25H,3,6-7H2,1-2H3,(H,27,28). The molecule has 0 saturated heterocycles. The van der Waals surface area contributed by atoms with E-state index in [4.69, 9.17) is 4.42 Å². The fourth-order valence-corrected chi connectivity index (χ4v) is 3.43. The number of carbonyl (C=O) groups is 1. The molecule has 0 saturated carbocycles. The highest BCUT2D eigenvalue weighted by Gasteiger charge is 2.27. The number of nitrogens with one attached hydrogen (secondary N) is 3. The minimum Gasteiger partial charge on any atom is -0.464 e. The van der Waals surface area contributed by atoms with Crippen LogP contribution >= 0.6 is 0 Å². The first-order chi connectivity index (χ1) is 14.2. The molecular formula is C21H22N6O2. The summed E-state index contributed by atoms with van der Waals surface area (Å²) in [5.74, 6) is 0.474. The number of hydrazone groups is 1. The zero-order valence-corrected chi connectivity index (χ0v) is 16.3. The SMILES string of the molecule is CCNCCc1c(C)[nH]c(C=C2C(=O)NN=C2c2cnccn2)c1-c1ccco1. The highest BCUT2D eigenvalue weighted by Crippen LogP contribution is 2.33. The van der Waals surface area contributed by atoms with Gasteiger partial charge in [0.15, 0.2) is 0 Å². The molecule has 0 aliphatic carbocycles. The van der Waals surface area contributed by atoms with Crippen molar-refractivity contribution in [3.8, 4) is 11.3 Å². The van der Waals surface area contributed by atoms with Crippen molar-refractivity contribution in [3.05, 3.63) is 65.2 Å². The summed E-state index contributed by atoms with van der Waals surface area (Å²) in [6.45, 7) is 5.88. The van der Waals surface area contributed by atoms with Gasteiger partial charge >= 0.3 is 0 Å². The Kier molecular flexibility index (Phi) is 5.35. The minimum absolute atomic E-state index is 0.280. The molecule has 0 unspecified atom stereocenters. The summed E-state index contributed by atoms with van der Waals surface area (Å²) in [6.07, 6.45) is 9.03. The van der Waals surface area contributed by atoms with Gasteiger partial charge in [-0.2, -0.15) is 5.10 Å². The minimum atomic E-state index is -0.280. The van der Waals surface area contributed by atoms with Gasteiger partial charge in [0.1, 0.15) is 17.2 Å². The Morgan fingerprint density at radius 2 is 2.21 bits per heavy atom. The Balaban J connectivity index is 1.79. The van der Waals surface area contributed by atoms with Gasteiger partial charge in [0.05, 0.1) is 23.7 Å². The van der Waals surface area contributed by atoms with Crippen LogP contribution in [0.2, 0.25) is 0 Å². The Morgan fingerprint density at radius 1 is 1.31 bits per heavy atom. The number of furan rings is 1. The van der Waals surface area contributed by atoms with Gasteiger partial charge in [-0.1, -0.05) is 6.92 Å². The van der Waals surface area contributed by atoms with Crippen LogP contribution in [0.1, 0.15) is 29.6 Å². The van der Waals surface area contributed by atoms with Crippen LogP contribution in [0.5, 0.6) is 0 Å². The number of carbonyl (C=O) groups excluding carboxylic acids is 1. The second-order valence-electron chi connectivity index (χ2n) is 6.65. The molecule has 0 spiro atoms. The molecule has 4 heterocycles. The van der Waals surface area contributed by atoms with E-state index in [0.29, 0.717) is 17.0 Å². The molecule has 1 aliphatic heterocycles. The first-order valence-electron chi connectivity index (χ1n) is 9.51. The Bertz CT molecular complexity index is 1060. The molecule has 8 nitrogen and oxygen atoms in total. The summed E-state index contributed by atoms with van der Waals surface area (Å²) in [4.78, 5) is 24.2. The third-order valence-electron chi connectivity index (χ3n) is 4.78. The lowest BCUT2D eigenvalue weighted by molar-refractivity contribution is -0.116. The van der Waals surface area contributed by atoms with Gasteiger partial charge in [0, 0.05) is 23.7 Å². The summed E-state index contributed by atoms with van der Waals surface area (Å²) in [5, 5.41) is 7.50. The van der Waals surface area contributed by atoms with E-state index in [-0.39, 0.29) is 5.91 Å². The van der Waals surface area contributed by atoms with Gasteiger partial charge in [0.2, 0.25) is 0 Å². The normalized spacial score (nSPS) is 15.0. The number of hydrogen-bond acceptors (Lipinski definition) is 6. The average molecular weight is 390 g/mol. The number of nitrogens with zero attached hydrogens (tertiary/aromatic N) is 3. The van der Waals surface area contributed by atoms with Crippen molar-refractivity contribution < 1.29 is 9.21 Å². The van der Waals surface area contributed by atoms with Gasteiger partial charge in [-0.3, -0.25) is 14.8 Å². The number of aryl methyl sites for hydroxylation is 1. The van der Waals surface area contributed by atoms with Crippen LogP contribution in [0.25, 0.3) is 17.4 Å². The van der Waals surface area contributed by atoms with Crippen LogP contribution in [0.3, 0.4) is 0 Å². The van der Waals surface area contributed by atoms with E-state index in [0.717, 1.165) is 47.8 Å². The van der Waals surface area contributed by atoms with Gasteiger partial charge in [0.25, 0.3) is 5.91 Å². The Hall–Kier alpha value is -3.52. The molecule has 0 fully saturated rings. The van der Waals surface area contributed by atoms with E-state index in [9.17, 15) is 4.79 Å². The molecule has 0 aromatic carbocycles. The third-order valence-corrected chi connectivity index (χ3v) is 4.78. The summed E-state index contributed by atoms with van der Waals surface area (Å²) < 4.78 is 5.70. The van der Waals surface area contributed by atoms with Gasteiger partial charge < -0.3 is 14.7 Å². The lowest BCUT2D eigenvalue weighted by atomic mass is 10.0. The molecule has 1 amide bonds. The molecule has 148 valence electrons. The third kappa shape index (κ3) is 3.74. The van der Waals surface area contributed by atoms with E-state index >= 15 is 0 Å². The molecule has 0 radical (unpaired) electrons. The molecule has 3 aromatic rings. The van der Waals surface area contributed by atoms with E-state index < -0.39 is 0 Å². The van der Waals surface area contributed by atoms with Crippen molar-refractivity contribution in [3.63, 3.8) is 0 Å². The van der Waals surface area contributed by atoms with Crippen LogP contribution in [-0.2, 0) is 11.2 Å². The largest absolute Gasteiger partial charge is 0.464 e. The molecular weight excluding hydrogens is 368 g/mol. The zero-order chi connectivity index (χ0) is 20.2. The van der Waals surface area contributed by atoms with Crippen molar-refractivity contribution in [2.45, 2.75) is 20.3 Å². The van der Waals surface area contributed by atoms with Crippen LogP contribution in [0.15, 0.2) is 52.1 Å². The van der Waals surface area contributed by atoms with Crippen LogP contribution in [-0.4, -0.2) is 39.7 Å². The summed E-state index contributed by atoms with van der Waals surface area (Å²) >= 11 is 0. The smallest absolute Gasteiger partial charge is 0.273 e. The van der Waals surface area contributed by atoms with Crippen LogP contribution in [0.4, 0.5) is 0 Å². The van der Waals surface area contributed by atoms with Crippen molar-refractivity contribution in [2.75, 3.05) is 13.1 Å². The number of aromatic amines is 1. The average Bonchev–Trinajstić information content (AvgIpc) is 3.44. The highest BCUT2D eigenvalue weighted by atomic mass is 16.3. The van der Waals surface area contributed by atoms with E-state index in [1.807, 2.05) is 19.1 Å². The molecule has 4 rings (SSSR count). The number of hydrogen-bond donors (Lipinski definition) is 3. The maximum atomic E-state index is 12.5. The van der Waals surface area contributed by atoms with Crippen molar-refractivity contribution in [1.29, 1.82) is 0 Å². The Labute approximate surface area is 168 Å². The summed E-state index contributed by atoms with van der Waals surface area (Å²) in [5.41, 5.74) is 7.90. The summed E-state index contributed by atoms with van der Waals surface area (Å²) in [7, 11) is 0. The van der Waals surface area contributed by atoms with Gasteiger partial charge in [-0.05, 0) is 50.2 Å². The second-order valence-corrected chi connectivity index (χ2v) is 6.65. The fourth-order valence-electron chi connectivity index (χ4n) is 3.43. The number of amides is 1. The number of aromatic nitrogens is 3. The zero-order valence-electron chi connectivity index (χ0n) is 16.3. The molecule has 8 heteroatoms. The predicted molar refractivity (Wildman–Crippen MR) is 110 cm³/mol. The first kappa shape index (κ1) is 18.8. The van der Waals surface area contributed by atoms with Crippen LogP contribution < -0.4 is 10.7 Å². The van der Waals surface area contributed by atoms with Crippen molar-refractivity contribution in [2.24, 2.45) is 5.10 Å². The van der Waals surface area contributed by atoms with Crippen LogP contribution in [0, 0.1) is 6.92 Å². The van der Waals surface area contributed by atoms with Crippen molar-refractivity contribution in [1.82, 2.24) is 25.7 Å². The topological polar surface area (TPSA) is 108 Å². The number of likely N-dealkylation sites (N-methyl/N-ethyl adjacent to an activating group) is 1. The van der Waals surface area contributed by atoms with E-state index in [2.05, 4.69) is 37.7 Å². The number of rotatable bonds is 7. The molecule has 3 aromatic heterocycles. The highest BCUT2D eigenvalue weighted by molar-refractivity contribution is 6.32. The molecule has 0 atom stereocenters. The molecule has 1 aliphatic rings. The molecule has 3 N–H and O–H groups in total. The van der Waals surface area contributed by atoms with E-state index in [1.54, 1.807) is 30.9 Å². The van der Waals surface area contributed by atoms with Gasteiger partial charge in [-0.15, -0.1) is 0 Å². The maximum Gasteiger partial charge on any atom is 0.273 e. The molecule has 29 heavy (non-hydrogen) atoms. The molecule has 0 bridgehead atoms. The lowest BCUT2D eigenvalue weighted by Gasteiger charge is -2.06. The quantitative estimate of drug-likeness (QED) is 0.424. The van der Waals surface area contributed by atoms with Crippen molar-refractivity contribution >= 4 is 17.7 Å². The van der Waals surface area contributed by atoms with E-state index in [1.165, 1.54) is 0 Å². The summed E-state index contributed by atoms with van der Waals surface area (Å²) in [6, 6.07) is 3.78. The fraction of sp³-hybridized carbons (Fsp3) is 0.238. The lowest BCUT2D eigenvalue weighted by Crippen LogP contribution is -2.16.